The monoisotopic (exact) mass is 664 g/mol. The molecular formula is C50H32O2. The lowest BCUT2D eigenvalue weighted by atomic mass is 9.81. The van der Waals surface area contributed by atoms with E-state index in [1.54, 1.807) is 0 Å². The highest BCUT2D eigenvalue weighted by atomic mass is 16.5. The molecule has 0 N–H and O–H groups in total. The molecule has 1 aliphatic rings. The molecule has 0 saturated carbocycles. The van der Waals surface area contributed by atoms with Gasteiger partial charge >= 0.3 is 0 Å². The first-order chi connectivity index (χ1) is 25.8. The van der Waals surface area contributed by atoms with Crippen molar-refractivity contribution in [2.45, 2.75) is 12.0 Å². The molecule has 244 valence electrons. The Kier molecular flexibility index (Phi) is 6.41. The zero-order valence-electron chi connectivity index (χ0n) is 28.3. The Bertz CT molecular complexity index is 2940. The predicted molar refractivity (Wildman–Crippen MR) is 215 cm³/mol. The van der Waals surface area contributed by atoms with Crippen LogP contribution < -0.4 is 4.74 Å². The van der Waals surface area contributed by atoms with Gasteiger partial charge in [-0.25, -0.2) is 0 Å². The minimum absolute atomic E-state index is 0.0321. The molecule has 0 amide bonds. The zero-order valence-corrected chi connectivity index (χ0v) is 28.3. The second kappa shape index (κ2) is 11.4. The van der Waals surface area contributed by atoms with E-state index in [9.17, 15) is 0 Å². The largest absolute Gasteiger partial charge is 0.484 e. The summed E-state index contributed by atoms with van der Waals surface area (Å²) in [5.41, 5.74) is 9.88. The van der Waals surface area contributed by atoms with Crippen LogP contribution in [0.5, 0.6) is 5.75 Å². The van der Waals surface area contributed by atoms with Crippen LogP contribution in [0.4, 0.5) is 0 Å². The van der Waals surface area contributed by atoms with E-state index in [0.29, 0.717) is 0 Å². The van der Waals surface area contributed by atoms with Crippen LogP contribution in [0, 0.1) is 0 Å². The van der Waals surface area contributed by atoms with E-state index >= 15 is 0 Å². The fourth-order valence-electron chi connectivity index (χ4n) is 8.78. The number of hydrogen-bond acceptors (Lipinski definition) is 2. The standard InChI is InChI=1S/C50H32O2/c1-3-16-32(17-4-1)44-37-22-9-11-24-39(37)46(40-25-12-10-23-38(40)44)47-49-41(36-21-13-14-26-43(36)51-49)30-42-45(33-18-5-2-6-19-33)48(52-50(42)47)35-28-27-31-15-7-8-20-34(31)29-35/h1-30,45,48H. The lowest BCUT2D eigenvalue weighted by Crippen LogP contribution is -2.11. The van der Waals surface area contributed by atoms with Crippen molar-refractivity contribution in [3.05, 3.63) is 199 Å². The number of rotatable bonds is 4. The van der Waals surface area contributed by atoms with Gasteiger partial charge in [-0.05, 0) is 72.8 Å². The number of ether oxygens (including phenoxy) is 1. The van der Waals surface area contributed by atoms with Gasteiger partial charge in [0.25, 0.3) is 0 Å². The normalized spacial score (nSPS) is 15.5. The van der Waals surface area contributed by atoms with Gasteiger partial charge in [-0.3, -0.25) is 0 Å². The number of para-hydroxylation sites is 1. The molecule has 0 bridgehead atoms. The summed E-state index contributed by atoms with van der Waals surface area (Å²) in [5.74, 6) is 0.858. The first-order valence-electron chi connectivity index (χ1n) is 18.0. The van der Waals surface area contributed by atoms with Crippen molar-refractivity contribution in [3.63, 3.8) is 0 Å². The van der Waals surface area contributed by atoms with Gasteiger partial charge in [0.1, 0.15) is 23.0 Å². The minimum atomic E-state index is -0.236. The van der Waals surface area contributed by atoms with Crippen LogP contribution in [0.3, 0.4) is 0 Å². The van der Waals surface area contributed by atoms with Crippen molar-refractivity contribution in [2.24, 2.45) is 0 Å². The minimum Gasteiger partial charge on any atom is -0.484 e. The summed E-state index contributed by atoms with van der Waals surface area (Å²) in [6, 6.07) is 65.4. The Morgan fingerprint density at radius 3 is 1.67 bits per heavy atom. The van der Waals surface area contributed by atoms with E-state index in [4.69, 9.17) is 9.15 Å². The first-order valence-corrected chi connectivity index (χ1v) is 18.0. The summed E-state index contributed by atoms with van der Waals surface area (Å²) in [5, 5.41) is 9.39. The predicted octanol–water partition coefficient (Wildman–Crippen LogP) is 13.6. The van der Waals surface area contributed by atoms with E-state index in [0.717, 1.165) is 44.4 Å². The fourth-order valence-corrected chi connectivity index (χ4v) is 8.78. The third-order valence-electron chi connectivity index (χ3n) is 11.0. The van der Waals surface area contributed by atoms with Crippen molar-refractivity contribution >= 4 is 54.3 Å². The van der Waals surface area contributed by atoms with Crippen molar-refractivity contribution in [3.8, 4) is 28.0 Å². The second-order valence-corrected chi connectivity index (χ2v) is 13.9. The van der Waals surface area contributed by atoms with Gasteiger partial charge in [0.2, 0.25) is 0 Å². The molecule has 2 atom stereocenters. The number of hydrogen-bond donors (Lipinski definition) is 0. The summed E-state index contributed by atoms with van der Waals surface area (Å²) in [7, 11) is 0. The summed E-state index contributed by atoms with van der Waals surface area (Å²) >= 11 is 0. The van der Waals surface area contributed by atoms with Gasteiger partial charge in [0.05, 0.1) is 11.5 Å². The maximum atomic E-state index is 7.45. The molecule has 0 spiro atoms. The van der Waals surface area contributed by atoms with Gasteiger partial charge in [0, 0.05) is 21.9 Å². The molecular weight excluding hydrogens is 633 g/mol. The molecule has 2 nitrogen and oxygen atoms in total. The molecule has 2 unspecified atom stereocenters. The third-order valence-corrected chi connectivity index (χ3v) is 11.0. The molecule has 2 heteroatoms. The first kappa shape index (κ1) is 29.1. The highest BCUT2D eigenvalue weighted by Gasteiger charge is 2.41. The Labute approximate surface area is 301 Å². The van der Waals surface area contributed by atoms with Gasteiger partial charge in [0.15, 0.2) is 0 Å². The van der Waals surface area contributed by atoms with Crippen LogP contribution in [-0.4, -0.2) is 0 Å². The Balaban J connectivity index is 1.29. The zero-order chi connectivity index (χ0) is 34.2. The lowest BCUT2D eigenvalue weighted by molar-refractivity contribution is 0.223. The molecule has 1 aromatic heterocycles. The van der Waals surface area contributed by atoms with Crippen molar-refractivity contribution < 1.29 is 9.15 Å². The molecule has 0 radical (unpaired) electrons. The van der Waals surface area contributed by atoms with Crippen molar-refractivity contribution in [2.75, 3.05) is 0 Å². The van der Waals surface area contributed by atoms with Crippen LogP contribution in [0.15, 0.2) is 186 Å². The molecule has 1 aliphatic heterocycles. The molecule has 0 aliphatic carbocycles. The molecule has 11 rings (SSSR count). The van der Waals surface area contributed by atoms with Gasteiger partial charge in [-0.2, -0.15) is 0 Å². The smallest absolute Gasteiger partial charge is 0.147 e. The topological polar surface area (TPSA) is 22.4 Å². The maximum absolute atomic E-state index is 7.45. The van der Waals surface area contributed by atoms with Crippen LogP contribution >= 0.6 is 0 Å². The number of fused-ring (bicyclic) bond motifs is 7. The average molecular weight is 665 g/mol. The van der Waals surface area contributed by atoms with Gasteiger partial charge in [-0.1, -0.05) is 164 Å². The average Bonchev–Trinajstić information content (AvgIpc) is 3.78. The lowest BCUT2D eigenvalue weighted by Gasteiger charge is -2.21. The molecule has 2 heterocycles. The van der Waals surface area contributed by atoms with Crippen molar-refractivity contribution in [1.82, 2.24) is 0 Å². The summed E-state index contributed by atoms with van der Waals surface area (Å²) < 4.78 is 14.4. The van der Waals surface area contributed by atoms with Crippen LogP contribution in [0.1, 0.15) is 28.7 Å². The van der Waals surface area contributed by atoms with E-state index in [1.807, 2.05) is 0 Å². The van der Waals surface area contributed by atoms with Crippen LogP contribution in [0.25, 0.3) is 76.5 Å². The molecule has 52 heavy (non-hydrogen) atoms. The SMILES string of the molecule is c1ccc(-c2c3ccccc3c(-c3c4c(cc5c3oc3ccccc35)C(c3ccccc3)C(c3ccc5ccccc5c3)O4)c3ccccc23)cc1. The third kappa shape index (κ3) is 4.31. The second-order valence-electron chi connectivity index (χ2n) is 13.9. The fraction of sp³-hybridized carbons (Fsp3) is 0.0400. The highest BCUT2D eigenvalue weighted by molar-refractivity contribution is 6.25. The van der Waals surface area contributed by atoms with E-state index in [1.165, 1.54) is 54.6 Å². The van der Waals surface area contributed by atoms with E-state index < -0.39 is 0 Å². The molecule has 10 aromatic rings. The maximum Gasteiger partial charge on any atom is 0.147 e. The Morgan fingerprint density at radius 2 is 0.962 bits per heavy atom. The Morgan fingerprint density at radius 1 is 0.385 bits per heavy atom. The summed E-state index contributed by atoms with van der Waals surface area (Å²) in [4.78, 5) is 0. The van der Waals surface area contributed by atoms with E-state index in [2.05, 4.69) is 182 Å². The molecule has 0 saturated heterocycles. The Hall–Kier alpha value is -6.64. The number of furan rings is 1. The van der Waals surface area contributed by atoms with Gasteiger partial charge < -0.3 is 9.15 Å². The van der Waals surface area contributed by atoms with Crippen molar-refractivity contribution in [1.29, 1.82) is 0 Å². The summed E-state index contributed by atoms with van der Waals surface area (Å²) in [6.07, 6.45) is -0.236. The van der Waals surface area contributed by atoms with Crippen LogP contribution in [0.2, 0.25) is 0 Å². The van der Waals surface area contributed by atoms with Gasteiger partial charge in [-0.15, -0.1) is 0 Å². The highest BCUT2D eigenvalue weighted by Crippen LogP contribution is 2.58. The number of benzene rings is 9. The quantitative estimate of drug-likeness (QED) is 0.175. The molecule has 9 aromatic carbocycles. The van der Waals surface area contributed by atoms with E-state index in [-0.39, 0.29) is 12.0 Å². The summed E-state index contributed by atoms with van der Waals surface area (Å²) in [6.45, 7) is 0. The van der Waals surface area contributed by atoms with Crippen LogP contribution in [-0.2, 0) is 0 Å². The molecule has 0 fully saturated rings.